The van der Waals surface area contributed by atoms with E-state index in [-0.39, 0.29) is 17.7 Å². The number of aromatic hydroxyl groups is 1. The van der Waals surface area contributed by atoms with Crippen molar-refractivity contribution in [3.05, 3.63) is 29.8 Å². The first-order valence-corrected chi connectivity index (χ1v) is 6.25. The first-order chi connectivity index (χ1) is 8.42. The van der Waals surface area contributed by atoms with E-state index in [9.17, 15) is 9.90 Å². The van der Waals surface area contributed by atoms with Gasteiger partial charge >= 0.3 is 0 Å². The predicted molar refractivity (Wildman–Crippen MR) is 70.0 cm³/mol. The summed E-state index contributed by atoms with van der Waals surface area (Å²) in [7, 11) is 0. The van der Waals surface area contributed by atoms with Gasteiger partial charge in [-0.25, -0.2) is 0 Å². The van der Waals surface area contributed by atoms with Crippen LogP contribution in [0, 0.1) is 5.41 Å². The van der Waals surface area contributed by atoms with Gasteiger partial charge in [0.25, 0.3) is 0 Å². The summed E-state index contributed by atoms with van der Waals surface area (Å²) in [5, 5.41) is 9.50. The van der Waals surface area contributed by atoms with Crippen LogP contribution in [-0.4, -0.2) is 29.0 Å². The molecule has 1 saturated heterocycles. The van der Waals surface area contributed by atoms with Crippen molar-refractivity contribution in [3.8, 4) is 5.75 Å². The van der Waals surface area contributed by atoms with E-state index in [4.69, 9.17) is 5.73 Å². The van der Waals surface area contributed by atoms with Crippen LogP contribution in [0.4, 0.5) is 0 Å². The molecule has 3 N–H and O–H groups in total. The van der Waals surface area contributed by atoms with Crippen molar-refractivity contribution in [1.82, 2.24) is 4.90 Å². The molecule has 2 atom stereocenters. The molecule has 1 amide bonds. The van der Waals surface area contributed by atoms with Gasteiger partial charge in [-0.05, 0) is 44.5 Å². The van der Waals surface area contributed by atoms with Crippen molar-refractivity contribution in [1.29, 1.82) is 0 Å². The van der Waals surface area contributed by atoms with Crippen LogP contribution in [0.5, 0.6) is 5.75 Å². The molecule has 1 aliphatic heterocycles. The van der Waals surface area contributed by atoms with E-state index in [1.54, 1.807) is 12.1 Å². The number of carbonyl (C=O) groups is 1. The van der Waals surface area contributed by atoms with Crippen LogP contribution >= 0.6 is 0 Å². The lowest BCUT2D eigenvalue weighted by Gasteiger charge is -2.26. The van der Waals surface area contributed by atoms with Crippen molar-refractivity contribution in [2.45, 2.75) is 26.3 Å². The van der Waals surface area contributed by atoms with E-state index < -0.39 is 5.41 Å². The van der Waals surface area contributed by atoms with E-state index in [1.807, 2.05) is 19.1 Å². The van der Waals surface area contributed by atoms with Crippen LogP contribution in [0.1, 0.15) is 31.9 Å². The number of carbonyl (C=O) groups excluding carboxylic acids is 1. The highest BCUT2D eigenvalue weighted by atomic mass is 16.3. The van der Waals surface area contributed by atoms with E-state index in [2.05, 4.69) is 11.8 Å². The van der Waals surface area contributed by atoms with Gasteiger partial charge in [0, 0.05) is 12.6 Å². The molecule has 4 heteroatoms. The molecule has 2 unspecified atom stereocenters. The normalized spacial score (nSPS) is 26.1. The Morgan fingerprint density at radius 3 is 2.83 bits per heavy atom. The minimum Gasteiger partial charge on any atom is -0.508 e. The fraction of sp³-hybridized carbons (Fsp3) is 0.500. The molecule has 18 heavy (non-hydrogen) atoms. The third-order valence-corrected chi connectivity index (χ3v) is 4.00. The second-order valence-electron chi connectivity index (χ2n) is 5.42. The van der Waals surface area contributed by atoms with Gasteiger partial charge in [-0.3, -0.25) is 9.69 Å². The number of primary amides is 1. The second kappa shape index (κ2) is 4.61. The molecule has 0 bridgehead atoms. The van der Waals surface area contributed by atoms with E-state index in [0.717, 1.165) is 18.5 Å². The number of amides is 1. The van der Waals surface area contributed by atoms with Crippen LogP contribution in [0.15, 0.2) is 24.3 Å². The molecule has 4 nitrogen and oxygen atoms in total. The number of nitrogens with zero attached hydrogens (tertiary/aromatic N) is 1. The Hall–Kier alpha value is -1.55. The zero-order chi connectivity index (χ0) is 13.3. The summed E-state index contributed by atoms with van der Waals surface area (Å²) in [4.78, 5) is 13.7. The summed E-state index contributed by atoms with van der Waals surface area (Å²) in [6.07, 6.45) is 0.797. The Labute approximate surface area is 107 Å². The molecule has 1 aliphatic rings. The lowest BCUT2D eigenvalue weighted by molar-refractivity contribution is -0.126. The van der Waals surface area contributed by atoms with Gasteiger partial charge in [-0.15, -0.1) is 0 Å². The van der Waals surface area contributed by atoms with Crippen LogP contribution in [0.25, 0.3) is 0 Å². The van der Waals surface area contributed by atoms with E-state index in [0.29, 0.717) is 6.54 Å². The third kappa shape index (κ3) is 2.34. The quantitative estimate of drug-likeness (QED) is 0.854. The van der Waals surface area contributed by atoms with Crippen LogP contribution < -0.4 is 5.73 Å². The standard InChI is InChI=1S/C14H20N2O2/c1-10(11-4-3-5-12(17)8-11)16-7-6-14(2,9-16)13(15)18/h3-5,8,10,17H,6-7,9H2,1-2H3,(H2,15,18). The highest BCUT2D eigenvalue weighted by molar-refractivity contribution is 5.81. The third-order valence-electron chi connectivity index (χ3n) is 4.00. The highest BCUT2D eigenvalue weighted by Crippen LogP contribution is 2.35. The highest BCUT2D eigenvalue weighted by Gasteiger charge is 2.40. The van der Waals surface area contributed by atoms with Gasteiger partial charge in [0.15, 0.2) is 0 Å². The van der Waals surface area contributed by atoms with Crippen molar-refractivity contribution >= 4 is 5.91 Å². The average Bonchev–Trinajstić information content (AvgIpc) is 2.72. The van der Waals surface area contributed by atoms with Crippen molar-refractivity contribution in [2.75, 3.05) is 13.1 Å². The number of nitrogens with two attached hydrogens (primary N) is 1. The Morgan fingerprint density at radius 2 is 2.28 bits per heavy atom. The molecule has 0 spiro atoms. The fourth-order valence-electron chi connectivity index (χ4n) is 2.52. The van der Waals surface area contributed by atoms with E-state index in [1.165, 1.54) is 0 Å². The smallest absolute Gasteiger partial charge is 0.224 e. The summed E-state index contributed by atoms with van der Waals surface area (Å²) >= 11 is 0. The Morgan fingerprint density at radius 1 is 1.56 bits per heavy atom. The van der Waals surface area contributed by atoms with Gasteiger partial charge in [0.2, 0.25) is 5.91 Å². The van der Waals surface area contributed by atoms with Crippen LogP contribution in [0.2, 0.25) is 0 Å². The molecule has 98 valence electrons. The monoisotopic (exact) mass is 248 g/mol. The molecule has 0 saturated carbocycles. The van der Waals surface area contributed by atoms with Gasteiger partial charge in [-0.1, -0.05) is 12.1 Å². The first-order valence-electron chi connectivity index (χ1n) is 6.25. The van der Waals surface area contributed by atoms with Gasteiger partial charge < -0.3 is 10.8 Å². The maximum Gasteiger partial charge on any atom is 0.224 e. The molecule has 1 fully saturated rings. The number of phenolic OH excluding ortho intramolecular Hbond substituents is 1. The summed E-state index contributed by atoms with van der Waals surface area (Å²) in [5.74, 6) is 0.0457. The second-order valence-corrected chi connectivity index (χ2v) is 5.42. The summed E-state index contributed by atoms with van der Waals surface area (Å²) in [5.41, 5.74) is 6.09. The molecular weight excluding hydrogens is 228 g/mol. The number of phenols is 1. The largest absolute Gasteiger partial charge is 0.508 e. The number of hydrogen-bond donors (Lipinski definition) is 2. The van der Waals surface area contributed by atoms with Gasteiger partial charge in [0.05, 0.1) is 5.41 Å². The number of benzene rings is 1. The molecule has 1 aromatic carbocycles. The summed E-state index contributed by atoms with van der Waals surface area (Å²) in [6, 6.07) is 7.44. The maximum atomic E-state index is 11.4. The fourth-order valence-corrected chi connectivity index (χ4v) is 2.52. The lowest BCUT2D eigenvalue weighted by Crippen LogP contribution is -2.37. The number of rotatable bonds is 3. The number of hydrogen-bond acceptors (Lipinski definition) is 3. The molecule has 0 radical (unpaired) electrons. The van der Waals surface area contributed by atoms with Gasteiger partial charge in [-0.2, -0.15) is 0 Å². The summed E-state index contributed by atoms with van der Waals surface area (Å²) < 4.78 is 0. The Balaban J connectivity index is 2.12. The van der Waals surface area contributed by atoms with Crippen molar-refractivity contribution in [2.24, 2.45) is 11.1 Å². The maximum absolute atomic E-state index is 11.4. The zero-order valence-corrected chi connectivity index (χ0v) is 10.9. The minimum atomic E-state index is -0.426. The molecule has 1 aromatic rings. The van der Waals surface area contributed by atoms with Gasteiger partial charge in [0.1, 0.15) is 5.75 Å². The Kier molecular flexibility index (Phi) is 3.30. The molecular formula is C14H20N2O2. The summed E-state index contributed by atoms with van der Waals surface area (Å²) in [6.45, 7) is 5.54. The predicted octanol–water partition coefficient (Wildman–Crippen LogP) is 1.65. The SMILES string of the molecule is CC(c1cccc(O)c1)N1CCC(C)(C(N)=O)C1. The topological polar surface area (TPSA) is 66.6 Å². The Bertz CT molecular complexity index is 461. The number of likely N-dealkylation sites (tertiary alicyclic amines) is 1. The molecule has 0 aliphatic carbocycles. The first kappa shape index (κ1) is 12.9. The van der Waals surface area contributed by atoms with E-state index >= 15 is 0 Å². The lowest BCUT2D eigenvalue weighted by atomic mass is 9.89. The molecule has 2 rings (SSSR count). The molecule has 0 aromatic heterocycles. The minimum absolute atomic E-state index is 0.179. The van der Waals surface area contributed by atoms with Crippen LogP contribution in [0.3, 0.4) is 0 Å². The average molecular weight is 248 g/mol. The van der Waals surface area contributed by atoms with Crippen LogP contribution in [-0.2, 0) is 4.79 Å². The van der Waals surface area contributed by atoms with Crippen molar-refractivity contribution < 1.29 is 9.90 Å². The molecule has 1 heterocycles. The van der Waals surface area contributed by atoms with Crippen molar-refractivity contribution in [3.63, 3.8) is 0 Å². The zero-order valence-electron chi connectivity index (χ0n) is 10.9.